The van der Waals surface area contributed by atoms with Crippen LogP contribution >= 0.6 is 15.9 Å². The third-order valence-corrected chi connectivity index (χ3v) is 2.67. The summed E-state index contributed by atoms with van der Waals surface area (Å²) in [7, 11) is 0. The van der Waals surface area contributed by atoms with Gasteiger partial charge in [0.2, 0.25) is 0 Å². The number of nitrogens with zero attached hydrogens (tertiary/aromatic N) is 1. The van der Waals surface area contributed by atoms with Gasteiger partial charge in [-0.25, -0.2) is 0 Å². The van der Waals surface area contributed by atoms with E-state index in [1.165, 1.54) is 0 Å². The Hall–Kier alpha value is -1.13. The molecule has 0 radical (unpaired) electrons. The molecular formula is C10H9BrN2O. The lowest BCUT2D eigenvalue weighted by Gasteiger charge is -2.00. The monoisotopic (exact) mass is 252 g/mol. The van der Waals surface area contributed by atoms with E-state index in [2.05, 4.69) is 21.1 Å². The van der Waals surface area contributed by atoms with Gasteiger partial charge in [-0.2, -0.15) is 0 Å². The Morgan fingerprint density at radius 2 is 2.14 bits per heavy atom. The second-order valence-corrected chi connectivity index (χ2v) is 3.72. The van der Waals surface area contributed by atoms with E-state index in [0.717, 1.165) is 21.4 Å². The number of benzene rings is 1. The van der Waals surface area contributed by atoms with E-state index in [0.29, 0.717) is 6.54 Å². The molecule has 4 heteroatoms. The summed E-state index contributed by atoms with van der Waals surface area (Å²) in [5.41, 5.74) is 7.46. The predicted octanol–water partition coefficient (Wildman–Crippen LogP) is 2.56. The molecule has 2 N–H and O–H groups in total. The fraction of sp³-hybridized carbons (Fsp3) is 0.100. The van der Waals surface area contributed by atoms with E-state index in [4.69, 9.17) is 10.3 Å². The largest absolute Gasteiger partial charge is 0.356 e. The van der Waals surface area contributed by atoms with Gasteiger partial charge in [-0.1, -0.05) is 33.2 Å². The molecule has 0 bridgehead atoms. The minimum atomic E-state index is 0.431. The maximum absolute atomic E-state index is 5.57. The molecular weight excluding hydrogens is 244 g/mol. The van der Waals surface area contributed by atoms with Crippen LogP contribution in [-0.4, -0.2) is 5.16 Å². The zero-order valence-corrected chi connectivity index (χ0v) is 8.99. The van der Waals surface area contributed by atoms with Crippen molar-refractivity contribution in [3.63, 3.8) is 0 Å². The lowest BCUT2D eigenvalue weighted by molar-refractivity contribution is 0.431. The Balaban J connectivity index is 2.54. The number of hydrogen-bond acceptors (Lipinski definition) is 3. The lowest BCUT2D eigenvalue weighted by Crippen LogP contribution is -1.96. The zero-order valence-electron chi connectivity index (χ0n) is 7.40. The van der Waals surface area contributed by atoms with Crippen molar-refractivity contribution in [1.29, 1.82) is 0 Å². The average molecular weight is 253 g/mol. The molecule has 0 saturated carbocycles. The second kappa shape index (κ2) is 3.94. The first kappa shape index (κ1) is 9.43. The lowest BCUT2D eigenvalue weighted by atomic mass is 10.1. The molecule has 72 valence electrons. The Bertz CT molecular complexity index is 439. The average Bonchev–Trinajstić information content (AvgIpc) is 2.66. The highest BCUT2D eigenvalue weighted by molar-refractivity contribution is 9.10. The van der Waals surface area contributed by atoms with Gasteiger partial charge in [-0.15, -0.1) is 0 Å². The fourth-order valence-electron chi connectivity index (χ4n) is 1.27. The Morgan fingerprint density at radius 1 is 1.36 bits per heavy atom. The van der Waals surface area contributed by atoms with Crippen LogP contribution in [0.4, 0.5) is 0 Å². The summed E-state index contributed by atoms with van der Waals surface area (Å²) in [6.45, 7) is 0.431. The molecule has 0 unspecified atom stereocenters. The van der Waals surface area contributed by atoms with Crippen LogP contribution in [0.25, 0.3) is 11.3 Å². The van der Waals surface area contributed by atoms with Gasteiger partial charge in [0.15, 0.2) is 5.76 Å². The maximum atomic E-state index is 5.57. The van der Waals surface area contributed by atoms with Crippen LogP contribution in [0.2, 0.25) is 0 Å². The fourth-order valence-corrected chi connectivity index (χ4v) is 1.74. The molecule has 0 saturated heterocycles. The van der Waals surface area contributed by atoms with Crippen LogP contribution in [0.3, 0.4) is 0 Å². The molecule has 1 aromatic heterocycles. The highest BCUT2D eigenvalue weighted by Gasteiger charge is 2.11. The first-order valence-corrected chi connectivity index (χ1v) is 5.00. The van der Waals surface area contributed by atoms with Gasteiger partial charge < -0.3 is 10.3 Å². The summed E-state index contributed by atoms with van der Waals surface area (Å²) < 4.78 is 6.14. The van der Waals surface area contributed by atoms with Gasteiger partial charge >= 0.3 is 0 Å². The minimum absolute atomic E-state index is 0.431. The molecule has 2 aromatic rings. The van der Waals surface area contributed by atoms with Crippen LogP contribution in [0.15, 0.2) is 39.5 Å². The molecule has 0 spiro atoms. The summed E-state index contributed by atoms with van der Waals surface area (Å²) in [6, 6.07) is 7.82. The van der Waals surface area contributed by atoms with E-state index >= 15 is 0 Å². The predicted molar refractivity (Wildman–Crippen MR) is 57.5 cm³/mol. The third-order valence-electron chi connectivity index (χ3n) is 1.98. The van der Waals surface area contributed by atoms with Gasteiger partial charge in [0.25, 0.3) is 0 Å². The number of nitrogens with two attached hydrogens (primary N) is 1. The van der Waals surface area contributed by atoms with Crippen molar-refractivity contribution < 1.29 is 4.52 Å². The molecule has 0 aliphatic heterocycles. The molecule has 0 fully saturated rings. The smallest absolute Gasteiger partial charge is 0.172 e. The molecule has 2 rings (SSSR count). The van der Waals surface area contributed by atoms with Crippen LogP contribution < -0.4 is 5.73 Å². The van der Waals surface area contributed by atoms with Crippen LogP contribution in [0.5, 0.6) is 0 Å². The van der Waals surface area contributed by atoms with Crippen molar-refractivity contribution in [1.82, 2.24) is 5.16 Å². The number of aromatic nitrogens is 1. The highest BCUT2D eigenvalue weighted by Crippen LogP contribution is 2.30. The van der Waals surface area contributed by atoms with Gasteiger partial charge in [-0.05, 0) is 12.1 Å². The van der Waals surface area contributed by atoms with Gasteiger partial charge in [0.05, 0.1) is 6.20 Å². The second-order valence-electron chi connectivity index (χ2n) is 2.86. The zero-order chi connectivity index (χ0) is 9.97. The topological polar surface area (TPSA) is 52.0 Å². The van der Waals surface area contributed by atoms with E-state index in [-0.39, 0.29) is 0 Å². The quantitative estimate of drug-likeness (QED) is 0.894. The Labute approximate surface area is 90.0 Å². The Morgan fingerprint density at radius 3 is 2.86 bits per heavy atom. The number of halogens is 1. The van der Waals surface area contributed by atoms with Crippen molar-refractivity contribution in [3.05, 3.63) is 40.5 Å². The van der Waals surface area contributed by atoms with E-state index in [9.17, 15) is 0 Å². The van der Waals surface area contributed by atoms with Crippen molar-refractivity contribution >= 4 is 15.9 Å². The molecule has 14 heavy (non-hydrogen) atoms. The van der Waals surface area contributed by atoms with Gasteiger partial charge in [-0.3, -0.25) is 0 Å². The SMILES string of the molecule is NCc1cnoc1-c1ccccc1Br. The van der Waals surface area contributed by atoms with E-state index in [1.807, 2.05) is 24.3 Å². The third kappa shape index (κ3) is 1.58. The van der Waals surface area contributed by atoms with E-state index in [1.54, 1.807) is 6.20 Å². The molecule has 3 nitrogen and oxygen atoms in total. The van der Waals surface area contributed by atoms with Crippen LogP contribution in [0.1, 0.15) is 5.56 Å². The first-order valence-electron chi connectivity index (χ1n) is 4.21. The molecule has 0 atom stereocenters. The van der Waals surface area contributed by atoms with Crippen LogP contribution in [0, 0.1) is 0 Å². The number of rotatable bonds is 2. The van der Waals surface area contributed by atoms with Gasteiger partial charge in [0.1, 0.15) is 0 Å². The summed E-state index contributed by atoms with van der Waals surface area (Å²) in [5.74, 6) is 0.736. The van der Waals surface area contributed by atoms with Crippen molar-refractivity contribution in [3.8, 4) is 11.3 Å². The Kier molecular flexibility index (Phi) is 2.65. The first-order chi connectivity index (χ1) is 6.83. The summed E-state index contributed by atoms with van der Waals surface area (Å²) in [5, 5.41) is 3.73. The normalized spacial score (nSPS) is 10.4. The molecule has 0 amide bonds. The van der Waals surface area contributed by atoms with Crippen molar-refractivity contribution in [2.75, 3.05) is 0 Å². The molecule has 0 aliphatic carbocycles. The summed E-state index contributed by atoms with van der Waals surface area (Å²) in [4.78, 5) is 0. The molecule has 1 heterocycles. The molecule has 1 aromatic carbocycles. The maximum Gasteiger partial charge on any atom is 0.172 e. The molecule has 0 aliphatic rings. The summed E-state index contributed by atoms with van der Waals surface area (Å²) >= 11 is 3.45. The standard InChI is InChI=1S/C10H9BrN2O/c11-9-4-2-1-3-8(9)10-7(5-12)6-13-14-10/h1-4,6H,5,12H2. The van der Waals surface area contributed by atoms with Crippen LogP contribution in [-0.2, 0) is 6.54 Å². The number of hydrogen-bond donors (Lipinski definition) is 1. The van der Waals surface area contributed by atoms with E-state index < -0.39 is 0 Å². The highest BCUT2D eigenvalue weighted by atomic mass is 79.9. The minimum Gasteiger partial charge on any atom is -0.356 e. The van der Waals surface area contributed by atoms with Crippen molar-refractivity contribution in [2.45, 2.75) is 6.54 Å². The summed E-state index contributed by atoms with van der Waals surface area (Å²) in [6.07, 6.45) is 1.65. The van der Waals surface area contributed by atoms with Crippen molar-refractivity contribution in [2.24, 2.45) is 5.73 Å². The van der Waals surface area contributed by atoms with Gasteiger partial charge in [0, 0.05) is 22.1 Å².